The van der Waals surface area contributed by atoms with E-state index in [1.807, 2.05) is 20.8 Å². The molecule has 14 heteroatoms. The Hall–Kier alpha value is -0.560. The van der Waals surface area contributed by atoms with Crippen LogP contribution in [-0.2, 0) is 18.9 Å². The summed E-state index contributed by atoms with van der Waals surface area (Å²) in [6, 6.07) is 0. The molecule has 6 fully saturated rings. The molecule has 4 aliphatic carbocycles. The largest absolute Gasteiger partial charge is 0.394 e. The molecule has 51 heavy (non-hydrogen) atoms. The van der Waals surface area contributed by atoms with E-state index in [0.29, 0.717) is 32.1 Å². The van der Waals surface area contributed by atoms with Gasteiger partial charge in [-0.15, -0.1) is 0 Å². The van der Waals surface area contributed by atoms with Crippen LogP contribution >= 0.6 is 0 Å². The van der Waals surface area contributed by atoms with E-state index in [4.69, 9.17) is 18.9 Å². The van der Waals surface area contributed by atoms with Crippen LogP contribution in [-0.4, -0.2) is 150 Å². The third-order valence-corrected chi connectivity index (χ3v) is 14.7. The lowest BCUT2D eigenvalue weighted by atomic mass is 9.41. The quantitative estimate of drug-likeness (QED) is 0.135. The lowest BCUT2D eigenvalue weighted by Gasteiger charge is -2.66. The van der Waals surface area contributed by atoms with Crippen LogP contribution in [0.3, 0.4) is 0 Å². The van der Waals surface area contributed by atoms with Gasteiger partial charge in [0.05, 0.1) is 49.3 Å². The van der Waals surface area contributed by atoms with Crippen molar-refractivity contribution in [2.45, 2.75) is 171 Å². The van der Waals surface area contributed by atoms with Crippen molar-refractivity contribution in [2.24, 2.45) is 46.3 Å². The Kier molecular flexibility index (Phi) is 11.7. The van der Waals surface area contributed by atoms with Gasteiger partial charge >= 0.3 is 0 Å². The molecule has 14 nitrogen and oxygen atoms in total. The molecule has 296 valence electrons. The summed E-state index contributed by atoms with van der Waals surface area (Å²) in [6.07, 6.45) is -10.1. The molecular weight excluding hydrogens is 668 g/mol. The molecule has 0 spiro atoms. The van der Waals surface area contributed by atoms with Crippen LogP contribution in [0.25, 0.3) is 0 Å². The molecule has 0 amide bonds. The summed E-state index contributed by atoms with van der Waals surface area (Å²) in [7, 11) is 0. The molecular formula is C37H64O14. The zero-order chi connectivity index (χ0) is 37.4. The zero-order valence-electron chi connectivity index (χ0n) is 30.6. The fraction of sp³-hybridized carbons (Fsp3) is 1.00. The van der Waals surface area contributed by atoms with Gasteiger partial charge in [-0.25, -0.2) is 0 Å². The van der Waals surface area contributed by atoms with E-state index >= 15 is 0 Å². The molecule has 0 radical (unpaired) electrons. The number of fused-ring (bicyclic) bond motifs is 5. The molecule has 6 rings (SSSR count). The van der Waals surface area contributed by atoms with Gasteiger partial charge in [-0.05, 0) is 79.4 Å². The Balaban J connectivity index is 1.14. The molecule has 0 bridgehead atoms. The fourth-order valence-electron chi connectivity index (χ4n) is 12.0. The van der Waals surface area contributed by atoms with Gasteiger partial charge in [0.1, 0.15) is 36.6 Å². The summed E-state index contributed by atoms with van der Waals surface area (Å²) >= 11 is 0. The van der Waals surface area contributed by atoms with E-state index in [-0.39, 0.29) is 42.8 Å². The van der Waals surface area contributed by atoms with Crippen molar-refractivity contribution >= 4 is 0 Å². The first-order chi connectivity index (χ1) is 23.9. The molecule has 21 atom stereocenters. The zero-order valence-corrected chi connectivity index (χ0v) is 30.6. The van der Waals surface area contributed by atoms with E-state index in [1.165, 1.54) is 0 Å². The molecule has 2 saturated heterocycles. The summed E-state index contributed by atoms with van der Waals surface area (Å²) in [4.78, 5) is 0. The average Bonchev–Trinajstić information content (AvgIpc) is 3.52. The number of ether oxygens (including phenoxy) is 4. The SMILES string of the molecule is CC(C)[C@H](CC[C@@H](C)[C@H]1CC(O)C2[C@]1(C)CC[C@@H]1[C@@]3(C)CC[C@H](O)[C@H](O)C3C(O)C[C@@]21O)O[C@@H]1O[C@H](CO)[C@H](O)[C@H]1O[C@@H]1OC[C@@H](O)[C@H](O)[C@H]1O. The standard InChI is InChI=1S/C37H64O14/c1-16(2)23(49-34-31(29(45)24(14-38)50-34)51-33-30(46)28(44)22(42)15-48-33)7-6-17(3)18-12-20(40)32-35(18,4)11-9-25-36(5)10-8-19(39)27(43)26(36)21(41)13-37(25,32)47/h16-34,38-47H,6-15H2,1-5H3/t17-,18-,19+,20?,21?,22-,23+,24-,25-,26?,27+,28+,29+,30-,31-,32?,33+,34-,35-,36-,37+/m1/s1. The Bertz CT molecular complexity index is 1190. The Morgan fingerprint density at radius 2 is 1.45 bits per heavy atom. The Morgan fingerprint density at radius 3 is 2.12 bits per heavy atom. The third kappa shape index (κ3) is 6.74. The van der Waals surface area contributed by atoms with Gasteiger partial charge in [0.2, 0.25) is 0 Å². The highest BCUT2D eigenvalue weighted by Crippen LogP contribution is 2.69. The minimum Gasteiger partial charge on any atom is -0.394 e. The fourth-order valence-corrected chi connectivity index (χ4v) is 12.0. The number of aliphatic hydroxyl groups excluding tert-OH is 9. The lowest BCUT2D eigenvalue weighted by Crippen LogP contribution is -2.70. The normalized spacial score (nSPS) is 54.1. The maximum Gasteiger partial charge on any atom is 0.187 e. The molecule has 10 N–H and O–H groups in total. The van der Waals surface area contributed by atoms with Gasteiger partial charge < -0.3 is 70.0 Å². The second-order valence-electron chi connectivity index (χ2n) is 17.9. The molecule has 0 aromatic rings. The van der Waals surface area contributed by atoms with E-state index < -0.39 is 108 Å². The van der Waals surface area contributed by atoms with E-state index in [1.54, 1.807) is 0 Å². The maximum atomic E-state index is 12.6. The van der Waals surface area contributed by atoms with Crippen molar-refractivity contribution < 1.29 is 70.0 Å². The predicted molar refractivity (Wildman–Crippen MR) is 179 cm³/mol. The van der Waals surface area contributed by atoms with Crippen LogP contribution in [0.15, 0.2) is 0 Å². The van der Waals surface area contributed by atoms with Crippen molar-refractivity contribution in [1.82, 2.24) is 0 Å². The maximum absolute atomic E-state index is 12.6. The molecule has 0 aromatic carbocycles. The number of hydrogen-bond acceptors (Lipinski definition) is 14. The first-order valence-corrected chi connectivity index (χ1v) is 19.2. The van der Waals surface area contributed by atoms with Crippen LogP contribution in [0.1, 0.15) is 86.0 Å². The first-order valence-electron chi connectivity index (χ1n) is 19.2. The van der Waals surface area contributed by atoms with Gasteiger partial charge in [-0.1, -0.05) is 34.6 Å². The van der Waals surface area contributed by atoms with E-state index in [0.717, 1.165) is 12.8 Å². The summed E-state index contributed by atoms with van der Waals surface area (Å²) in [5.41, 5.74) is -2.30. The van der Waals surface area contributed by atoms with Crippen LogP contribution in [0.5, 0.6) is 0 Å². The Labute approximate surface area is 300 Å². The minimum absolute atomic E-state index is 0.00990. The summed E-state index contributed by atoms with van der Waals surface area (Å²) in [5.74, 6) is -1.02. The Morgan fingerprint density at radius 1 is 0.765 bits per heavy atom. The number of rotatable bonds is 10. The van der Waals surface area contributed by atoms with Crippen LogP contribution in [0.4, 0.5) is 0 Å². The second kappa shape index (κ2) is 14.8. The van der Waals surface area contributed by atoms with Gasteiger partial charge in [0, 0.05) is 18.3 Å². The molecule has 0 aromatic heterocycles. The topological polar surface area (TPSA) is 239 Å². The lowest BCUT2D eigenvalue weighted by molar-refractivity contribution is -0.307. The highest BCUT2D eigenvalue weighted by Gasteiger charge is 2.71. The number of hydrogen-bond donors (Lipinski definition) is 10. The van der Waals surface area contributed by atoms with Crippen LogP contribution in [0, 0.1) is 46.3 Å². The predicted octanol–water partition coefficient (Wildman–Crippen LogP) is -0.607. The highest BCUT2D eigenvalue weighted by atomic mass is 16.8. The smallest absolute Gasteiger partial charge is 0.187 e. The van der Waals surface area contributed by atoms with Crippen LogP contribution < -0.4 is 0 Å². The first kappa shape index (κ1) is 40.1. The molecule has 2 heterocycles. The summed E-state index contributed by atoms with van der Waals surface area (Å²) in [5, 5.41) is 108. The highest BCUT2D eigenvalue weighted by molar-refractivity contribution is 5.21. The van der Waals surface area contributed by atoms with E-state index in [2.05, 4.69) is 13.8 Å². The van der Waals surface area contributed by atoms with Crippen molar-refractivity contribution in [3.63, 3.8) is 0 Å². The van der Waals surface area contributed by atoms with Crippen LogP contribution in [0.2, 0.25) is 0 Å². The molecule has 4 unspecified atom stereocenters. The summed E-state index contributed by atoms with van der Waals surface area (Å²) in [6.45, 7) is 9.58. The van der Waals surface area contributed by atoms with Gasteiger partial charge in [0.15, 0.2) is 12.6 Å². The minimum atomic E-state index is -1.58. The second-order valence-corrected chi connectivity index (χ2v) is 17.9. The monoisotopic (exact) mass is 732 g/mol. The van der Waals surface area contributed by atoms with Crippen molar-refractivity contribution in [1.29, 1.82) is 0 Å². The van der Waals surface area contributed by atoms with Gasteiger partial charge in [-0.2, -0.15) is 0 Å². The van der Waals surface area contributed by atoms with Crippen molar-refractivity contribution in [2.75, 3.05) is 13.2 Å². The molecule has 4 saturated carbocycles. The summed E-state index contributed by atoms with van der Waals surface area (Å²) < 4.78 is 23.6. The van der Waals surface area contributed by atoms with Crippen molar-refractivity contribution in [3.05, 3.63) is 0 Å². The third-order valence-electron chi connectivity index (χ3n) is 14.7. The molecule has 6 aliphatic rings. The number of aliphatic hydroxyl groups is 10. The van der Waals surface area contributed by atoms with E-state index in [9.17, 15) is 51.1 Å². The van der Waals surface area contributed by atoms with Crippen molar-refractivity contribution in [3.8, 4) is 0 Å². The van der Waals surface area contributed by atoms with Gasteiger partial charge in [0.25, 0.3) is 0 Å². The van der Waals surface area contributed by atoms with Gasteiger partial charge in [-0.3, -0.25) is 0 Å². The average molecular weight is 733 g/mol. The molecule has 2 aliphatic heterocycles.